The van der Waals surface area contributed by atoms with Gasteiger partial charge in [0.1, 0.15) is 12.4 Å². The number of fused-ring (bicyclic) bond motifs is 1. The number of ether oxygens (including phenoxy) is 3. The Bertz CT molecular complexity index is 613. The third kappa shape index (κ3) is 3.61. The quantitative estimate of drug-likeness (QED) is 0.611. The summed E-state index contributed by atoms with van der Waals surface area (Å²) in [5.74, 6) is 0.858. The molecule has 0 amide bonds. The van der Waals surface area contributed by atoms with E-state index in [1.807, 2.05) is 12.1 Å². The van der Waals surface area contributed by atoms with Crippen LogP contribution >= 0.6 is 0 Å². The maximum absolute atomic E-state index is 11.4. The number of carbonyl (C=O) groups excluding carboxylic acids is 1. The van der Waals surface area contributed by atoms with E-state index in [9.17, 15) is 4.79 Å². The lowest BCUT2D eigenvalue weighted by Gasteiger charge is -2.24. The van der Waals surface area contributed by atoms with E-state index in [1.54, 1.807) is 12.4 Å². The molecule has 5 nitrogen and oxygen atoms in total. The van der Waals surface area contributed by atoms with Crippen LogP contribution in [-0.4, -0.2) is 30.0 Å². The minimum Gasteiger partial charge on any atom is -0.491 e. The van der Waals surface area contributed by atoms with Crippen molar-refractivity contribution in [3.05, 3.63) is 36.7 Å². The second-order valence-corrected chi connectivity index (χ2v) is 7.53. The maximum Gasteiger partial charge on any atom is 0.304 e. The summed E-state index contributed by atoms with van der Waals surface area (Å²) in [6.45, 7) is 10.3. The van der Waals surface area contributed by atoms with E-state index in [-0.39, 0.29) is 23.4 Å². The molecule has 0 N–H and O–H groups in total. The molecule has 1 aromatic rings. The van der Waals surface area contributed by atoms with E-state index < -0.39 is 6.29 Å². The number of hydrogen-bond donors (Lipinski definition) is 0. The zero-order valence-corrected chi connectivity index (χ0v) is 14.5. The van der Waals surface area contributed by atoms with Gasteiger partial charge in [0.15, 0.2) is 0 Å². The lowest BCUT2D eigenvalue weighted by molar-refractivity contribution is -0.182. The first-order valence-corrected chi connectivity index (χ1v) is 8.40. The van der Waals surface area contributed by atoms with Gasteiger partial charge in [0.05, 0.1) is 6.10 Å². The summed E-state index contributed by atoms with van der Waals surface area (Å²) in [5.41, 5.74) is 1.09. The molecule has 3 rings (SSSR count). The molecule has 0 aromatic carbocycles. The molecule has 130 valence electrons. The van der Waals surface area contributed by atoms with Crippen molar-refractivity contribution >= 4 is 11.7 Å². The van der Waals surface area contributed by atoms with Gasteiger partial charge in [-0.2, -0.15) is 0 Å². The molecular formula is C19H25NO4. The van der Waals surface area contributed by atoms with Gasteiger partial charge >= 0.3 is 5.97 Å². The van der Waals surface area contributed by atoms with E-state index >= 15 is 0 Å². The zero-order chi connectivity index (χ0) is 17.3. The Kier molecular flexibility index (Phi) is 4.63. The summed E-state index contributed by atoms with van der Waals surface area (Å²) in [7, 11) is 0. The third-order valence-electron chi connectivity index (χ3n) is 4.95. The smallest absolute Gasteiger partial charge is 0.304 e. The largest absolute Gasteiger partial charge is 0.491 e. The highest BCUT2D eigenvalue weighted by molar-refractivity contribution is 5.66. The minimum atomic E-state index is -0.463. The van der Waals surface area contributed by atoms with E-state index in [2.05, 4.69) is 25.4 Å². The van der Waals surface area contributed by atoms with E-state index in [0.29, 0.717) is 18.3 Å². The predicted molar refractivity (Wildman–Crippen MR) is 89.6 cm³/mol. The van der Waals surface area contributed by atoms with Gasteiger partial charge in [-0.15, -0.1) is 0 Å². The molecule has 1 aliphatic heterocycles. The maximum atomic E-state index is 11.4. The van der Waals surface area contributed by atoms with Crippen molar-refractivity contribution in [1.82, 2.24) is 4.98 Å². The van der Waals surface area contributed by atoms with Crippen molar-refractivity contribution in [2.24, 2.45) is 17.3 Å². The number of esters is 1. The third-order valence-corrected chi connectivity index (χ3v) is 4.95. The molecule has 1 saturated carbocycles. The molecule has 1 aliphatic carbocycles. The van der Waals surface area contributed by atoms with Crippen LogP contribution < -0.4 is 0 Å². The van der Waals surface area contributed by atoms with Crippen molar-refractivity contribution in [3.63, 3.8) is 0 Å². The summed E-state index contributed by atoms with van der Waals surface area (Å²) in [4.78, 5) is 15.4. The van der Waals surface area contributed by atoms with E-state index in [4.69, 9.17) is 14.2 Å². The van der Waals surface area contributed by atoms with Gasteiger partial charge in [0, 0.05) is 30.8 Å². The number of aromatic nitrogens is 1. The van der Waals surface area contributed by atoms with Crippen molar-refractivity contribution in [3.8, 4) is 0 Å². The molecule has 0 spiro atoms. The van der Waals surface area contributed by atoms with Crippen LogP contribution in [0.3, 0.4) is 0 Å². The topological polar surface area (TPSA) is 57.7 Å². The Hall–Kier alpha value is -1.88. The molecule has 0 radical (unpaired) electrons. The van der Waals surface area contributed by atoms with Crippen LogP contribution in [0.15, 0.2) is 31.1 Å². The summed E-state index contributed by atoms with van der Waals surface area (Å²) >= 11 is 0. The number of hydrogen-bond acceptors (Lipinski definition) is 5. The highest BCUT2D eigenvalue weighted by Crippen LogP contribution is 2.53. The van der Waals surface area contributed by atoms with Gasteiger partial charge in [0.2, 0.25) is 6.29 Å². The Labute approximate surface area is 143 Å². The van der Waals surface area contributed by atoms with Crippen molar-refractivity contribution in [1.29, 1.82) is 0 Å². The Morgan fingerprint density at radius 1 is 1.42 bits per heavy atom. The number of nitrogens with zero attached hydrogens (tertiary/aromatic N) is 1. The van der Waals surface area contributed by atoms with Crippen LogP contribution in [0.25, 0.3) is 5.76 Å². The van der Waals surface area contributed by atoms with Gasteiger partial charge in [-0.05, 0) is 36.3 Å². The highest BCUT2D eigenvalue weighted by atomic mass is 16.7. The molecule has 2 unspecified atom stereocenters. The first-order valence-electron chi connectivity index (χ1n) is 8.40. The second kappa shape index (κ2) is 6.55. The standard InChI is InChI=1S/C19H25NO4/c1-12(14-6-5-7-20-10-14)22-11-17-15-8-19(3,4)9-16(15)18(24-17)23-13(2)21/h5-7,10,15-18H,1,8-9,11H2,2-4H3/t15-,16+,17?,18?/m0/s1. The lowest BCUT2D eigenvalue weighted by atomic mass is 9.89. The molecule has 1 aromatic heterocycles. The molecular weight excluding hydrogens is 306 g/mol. The second-order valence-electron chi connectivity index (χ2n) is 7.53. The van der Waals surface area contributed by atoms with Gasteiger partial charge < -0.3 is 14.2 Å². The fourth-order valence-electron chi connectivity index (χ4n) is 3.98. The lowest BCUT2D eigenvalue weighted by Crippen LogP contribution is -2.26. The normalized spacial score (nSPS) is 30.6. The summed E-state index contributed by atoms with van der Waals surface area (Å²) < 4.78 is 17.2. The molecule has 2 heterocycles. The molecule has 4 atom stereocenters. The van der Waals surface area contributed by atoms with Crippen LogP contribution in [0, 0.1) is 17.3 Å². The number of carbonyl (C=O) groups is 1. The van der Waals surface area contributed by atoms with Gasteiger partial charge in [-0.25, -0.2) is 0 Å². The SMILES string of the molecule is C=C(OCC1OC(OC(C)=O)[C@@H]2CC(C)(C)C[C@H]12)c1cccnc1. The molecule has 5 heteroatoms. The highest BCUT2D eigenvalue weighted by Gasteiger charge is 2.54. The van der Waals surface area contributed by atoms with Gasteiger partial charge in [-0.1, -0.05) is 20.4 Å². The van der Waals surface area contributed by atoms with E-state index in [1.165, 1.54) is 6.92 Å². The van der Waals surface area contributed by atoms with Gasteiger partial charge in [-0.3, -0.25) is 9.78 Å². The Balaban J connectivity index is 1.64. The number of rotatable bonds is 5. The molecule has 2 aliphatic rings. The average Bonchev–Trinajstić information content (AvgIpc) is 3.00. The molecule has 24 heavy (non-hydrogen) atoms. The average molecular weight is 331 g/mol. The zero-order valence-electron chi connectivity index (χ0n) is 14.5. The summed E-state index contributed by atoms with van der Waals surface area (Å²) in [6, 6.07) is 3.76. The van der Waals surface area contributed by atoms with Gasteiger partial charge in [0.25, 0.3) is 0 Å². The van der Waals surface area contributed by atoms with Crippen molar-refractivity contribution in [2.75, 3.05) is 6.61 Å². The summed E-state index contributed by atoms with van der Waals surface area (Å²) in [6.07, 6.45) is 4.93. The monoisotopic (exact) mass is 331 g/mol. The molecule has 1 saturated heterocycles. The number of pyridine rings is 1. The first kappa shape index (κ1) is 17.0. The van der Waals surface area contributed by atoms with Crippen LogP contribution in [0.1, 0.15) is 39.2 Å². The van der Waals surface area contributed by atoms with Crippen molar-refractivity contribution in [2.45, 2.75) is 46.0 Å². The first-order chi connectivity index (χ1) is 11.4. The van der Waals surface area contributed by atoms with Crippen LogP contribution in [0.4, 0.5) is 0 Å². The fourth-order valence-corrected chi connectivity index (χ4v) is 3.98. The molecule has 2 fully saturated rings. The van der Waals surface area contributed by atoms with Crippen molar-refractivity contribution < 1.29 is 19.0 Å². The van der Waals surface area contributed by atoms with Crippen LogP contribution in [-0.2, 0) is 19.0 Å². The fraction of sp³-hybridized carbons (Fsp3) is 0.579. The summed E-state index contributed by atoms with van der Waals surface area (Å²) in [5, 5.41) is 0. The van der Waals surface area contributed by atoms with E-state index in [0.717, 1.165) is 18.4 Å². The Morgan fingerprint density at radius 2 is 2.17 bits per heavy atom. The molecule has 0 bridgehead atoms. The minimum absolute atomic E-state index is 0.0884. The predicted octanol–water partition coefficient (Wildman–Crippen LogP) is 3.41. The Morgan fingerprint density at radius 3 is 2.83 bits per heavy atom. The van der Waals surface area contributed by atoms with Crippen LogP contribution in [0.2, 0.25) is 0 Å². The van der Waals surface area contributed by atoms with Crippen LogP contribution in [0.5, 0.6) is 0 Å².